The number of anilines is 1. The van der Waals surface area contributed by atoms with Gasteiger partial charge >= 0.3 is 10.0 Å². The summed E-state index contributed by atoms with van der Waals surface area (Å²) in [5.74, 6) is 3.78. The Morgan fingerprint density at radius 1 is 1.45 bits per heavy atom. The van der Waals surface area contributed by atoms with Gasteiger partial charge in [-0.05, 0) is 44.4 Å². The van der Waals surface area contributed by atoms with Crippen molar-refractivity contribution in [2.75, 3.05) is 5.32 Å². The van der Waals surface area contributed by atoms with E-state index in [0.717, 1.165) is 6.07 Å². The van der Waals surface area contributed by atoms with Gasteiger partial charge < -0.3 is 15.0 Å². The number of amides is 1. The first kappa shape index (κ1) is 23.6. The molecule has 2 aromatic rings. The lowest BCUT2D eigenvalue weighted by atomic mass is 10.1. The zero-order chi connectivity index (χ0) is 23.2. The molecule has 1 amide bonds. The molecule has 1 atom stereocenters. The number of aliphatic hydroxyl groups excluding tert-OH is 1. The lowest BCUT2D eigenvalue weighted by Crippen LogP contribution is -2.18. The fourth-order valence-electron chi connectivity index (χ4n) is 3.06. The van der Waals surface area contributed by atoms with Crippen LogP contribution in [0.15, 0.2) is 29.3 Å². The molecule has 31 heavy (non-hydrogen) atoms. The molecule has 1 heterocycles. The number of hydrogen-bond donors (Lipinski definition) is 2. The summed E-state index contributed by atoms with van der Waals surface area (Å²) in [4.78, 5) is 12.7. The third-order valence-corrected chi connectivity index (χ3v) is 5.62. The second kappa shape index (κ2) is 9.90. The number of nitrogens with one attached hydrogen (secondary N) is 1. The van der Waals surface area contributed by atoms with Crippen molar-refractivity contribution in [1.29, 1.82) is 5.26 Å². The lowest BCUT2D eigenvalue weighted by Gasteiger charge is -2.10. The van der Waals surface area contributed by atoms with Crippen molar-refractivity contribution in [1.82, 2.24) is 4.57 Å². The van der Waals surface area contributed by atoms with Crippen molar-refractivity contribution in [3.63, 3.8) is 0 Å². The highest BCUT2D eigenvalue weighted by Gasteiger charge is 2.33. The Morgan fingerprint density at radius 3 is 2.77 bits per heavy atom. The Labute approximate surface area is 179 Å². The number of halogens is 1. The van der Waals surface area contributed by atoms with E-state index in [-0.39, 0.29) is 40.2 Å². The maximum absolute atomic E-state index is 13.5. The average Bonchev–Trinajstić information content (AvgIpc) is 3.06. The quantitative estimate of drug-likeness (QED) is 0.638. The fourth-order valence-corrected chi connectivity index (χ4v) is 3.97. The van der Waals surface area contributed by atoms with Gasteiger partial charge in [0.1, 0.15) is 23.7 Å². The van der Waals surface area contributed by atoms with Gasteiger partial charge in [-0.3, -0.25) is 4.79 Å². The second-order valence-corrected chi connectivity index (χ2v) is 8.18. The average molecular weight is 443 g/mol. The molecule has 10 heteroatoms. The smallest absolute Gasteiger partial charge is 0.380 e. The molecule has 0 fully saturated rings. The Kier molecular flexibility index (Phi) is 7.55. The Balaban J connectivity index is 2.43. The van der Waals surface area contributed by atoms with Crippen molar-refractivity contribution in [2.45, 2.75) is 37.2 Å². The normalized spacial score (nSPS) is 11.5. The van der Waals surface area contributed by atoms with E-state index in [9.17, 15) is 22.7 Å². The molecule has 0 aliphatic carbocycles. The largest absolute Gasteiger partial charge is 0.511 e. The van der Waals surface area contributed by atoms with E-state index >= 15 is 0 Å². The molecule has 2 rings (SSSR count). The molecule has 8 nitrogen and oxygen atoms in total. The topological polar surface area (TPSA) is 117 Å². The molecule has 2 N–H and O–H groups in total. The lowest BCUT2D eigenvalue weighted by molar-refractivity contribution is 0.101. The van der Waals surface area contributed by atoms with E-state index in [1.54, 1.807) is 13.0 Å². The minimum atomic E-state index is -4.20. The molecular formula is C21H20FN4O4S+. The molecule has 0 saturated carbocycles. The summed E-state index contributed by atoms with van der Waals surface area (Å²) in [5.41, 5.74) is 0.118. The minimum absolute atomic E-state index is 0.0288. The molecule has 0 bridgehead atoms. The van der Waals surface area contributed by atoms with Gasteiger partial charge in [-0.2, -0.15) is 5.26 Å². The van der Waals surface area contributed by atoms with Gasteiger partial charge in [0, 0.05) is 24.5 Å². The van der Waals surface area contributed by atoms with Crippen LogP contribution in [0.2, 0.25) is 0 Å². The second-order valence-electron chi connectivity index (χ2n) is 6.57. The third-order valence-electron chi connectivity index (χ3n) is 4.44. The van der Waals surface area contributed by atoms with Crippen LogP contribution in [-0.2, 0) is 23.5 Å². The summed E-state index contributed by atoms with van der Waals surface area (Å²) in [6, 6.07) is 5.17. The number of hydrogen-bond acceptors (Lipinski definition) is 5. The summed E-state index contributed by atoms with van der Waals surface area (Å²) < 4.78 is 42.4. The van der Waals surface area contributed by atoms with Crippen LogP contribution in [0.4, 0.5) is 10.1 Å². The number of aromatic nitrogens is 1. The maximum Gasteiger partial charge on any atom is 0.511 e. The first-order chi connectivity index (χ1) is 14.6. The number of nitriles is 1. The number of benzene rings is 1. The monoisotopic (exact) mass is 443 g/mol. The van der Waals surface area contributed by atoms with Gasteiger partial charge in [0.05, 0.1) is 9.81 Å². The number of carbonyl (C=O) groups excluding carboxylic acids is 1. The highest BCUT2D eigenvalue weighted by Crippen LogP contribution is 2.27. The van der Waals surface area contributed by atoms with Crippen molar-refractivity contribution >= 4 is 21.6 Å². The first-order valence-corrected chi connectivity index (χ1v) is 10.5. The van der Waals surface area contributed by atoms with Crippen LogP contribution in [-0.4, -0.2) is 30.1 Å². The van der Waals surface area contributed by atoms with Crippen molar-refractivity contribution in [2.24, 2.45) is 7.05 Å². The zero-order valence-corrected chi connectivity index (χ0v) is 17.7. The molecule has 1 aromatic carbocycles. The van der Waals surface area contributed by atoms with Gasteiger partial charge in [-0.15, -0.1) is 14.3 Å². The minimum Gasteiger partial charge on any atom is -0.380 e. The number of rotatable bonds is 7. The Bertz CT molecular complexity index is 1260. The van der Waals surface area contributed by atoms with Crippen LogP contribution in [0.25, 0.3) is 4.25 Å². The number of sulfonamides is 1. The van der Waals surface area contributed by atoms with E-state index in [0.29, 0.717) is 6.42 Å². The summed E-state index contributed by atoms with van der Waals surface area (Å²) >= 11 is 0. The number of aryl methyl sites for hydroxylation is 1. The van der Waals surface area contributed by atoms with E-state index in [2.05, 4.69) is 21.4 Å². The number of nitrogens with zero attached hydrogens (tertiary/aromatic N) is 3. The fraction of sp³-hybridized carbons (Fsp3) is 0.286. The molecule has 0 spiro atoms. The Hall–Kier alpha value is -3.65. The van der Waals surface area contributed by atoms with Gasteiger partial charge in [-0.1, -0.05) is 5.92 Å². The molecule has 0 radical (unpaired) electrons. The van der Waals surface area contributed by atoms with Crippen LogP contribution in [0.3, 0.4) is 0 Å². The number of carbonyl (C=O) groups is 1. The van der Waals surface area contributed by atoms with Crippen molar-refractivity contribution in [3.8, 4) is 24.5 Å². The first-order valence-electron chi connectivity index (χ1n) is 9.11. The summed E-state index contributed by atoms with van der Waals surface area (Å²) in [6.45, 7) is 6.62. The van der Waals surface area contributed by atoms with Crippen LogP contribution >= 0.6 is 0 Å². The highest BCUT2D eigenvalue weighted by atomic mass is 32.2. The molecule has 0 saturated heterocycles. The summed E-state index contributed by atoms with van der Waals surface area (Å²) in [6.07, 6.45) is 1.07. The standard InChI is InChI=1S/C21H19FN4O4S/c1-4-6-16(27)7-5-8-17-19(31(29,30)24-2)13-26(3)20(17)21(28)25-15-9-10-18(22)14(11-15)12-23/h2,9-11,13,16,27H,5,7-8H2,1,3H3/p+1/t16-/m1/s1. The molecule has 1 aromatic heterocycles. The van der Waals surface area contributed by atoms with Gasteiger partial charge in [-0.25, -0.2) is 4.39 Å². The van der Waals surface area contributed by atoms with Crippen LogP contribution in [0, 0.1) is 35.6 Å². The molecule has 0 aliphatic rings. The predicted octanol–water partition coefficient (Wildman–Crippen LogP) is 2.65. The zero-order valence-electron chi connectivity index (χ0n) is 16.9. The van der Waals surface area contributed by atoms with E-state index in [1.165, 1.54) is 29.9 Å². The van der Waals surface area contributed by atoms with Gasteiger partial charge in [0.25, 0.3) is 12.5 Å². The van der Waals surface area contributed by atoms with Crippen LogP contribution < -0.4 is 5.32 Å². The van der Waals surface area contributed by atoms with Crippen LogP contribution in [0.5, 0.6) is 0 Å². The van der Waals surface area contributed by atoms with E-state index in [4.69, 9.17) is 11.8 Å². The molecular weight excluding hydrogens is 423 g/mol. The summed E-state index contributed by atoms with van der Waals surface area (Å²) in [5, 5.41) is 21.3. The van der Waals surface area contributed by atoms with Crippen molar-refractivity contribution in [3.05, 3.63) is 51.3 Å². The third kappa shape index (κ3) is 5.49. The highest BCUT2D eigenvalue weighted by molar-refractivity contribution is 7.93. The predicted molar refractivity (Wildman–Crippen MR) is 112 cm³/mol. The van der Waals surface area contributed by atoms with Gasteiger partial charge in [0.2, 0.25) is 0 Å². The van der Waals surface area contributed by atoms with Crippen molar-refractivity contribution < 1.29 is 22.7 Å². The Morgan fingerprint density at radius 2 is 2.16 bits per heavy atom. The molecule has 160 valence electrons. The van der Waals surface area contributed by atoms with Crippen LogP contribution in [0.1, 0.15) is 41.4 Å². The van der Waals surface area contributed by atoms with E-state index in [1.807, 2.05) is 0 Å². The van der Waals surface area contributed by atoms with Gasteiger partial charge in [0.15, 0.2) is 4.90 Å². The summed E-state index contributed by atoms with van der Waals surface area (Å²) in [7, 11) is -2.71. The molecule has 0 aliphatic heterocycles. The van der Waals surface area contributed by atoms with E-state index < -0.39 is 27.9 Å². The SMILES string of the molecule is C#[N+]S(=O)(=O)c1cn(C)c(C(=O)Nc2ccc(F)c(C#N)c2)c1CCC[C@H](O)C#CC. The number of aliphatic hydroxyl groups is 1. The molecule has 0 unspecified atom stereocenters. The maximum atomic E-state index is 13.5.